The number of anilines is 1. The van der Waals surface area contributed by atoms with Gasteiger partial charge in [0.05, 0.1) is 0 Å². The fraction of sp³-hybridized carbons (Fsp3) is 0.214. The van der Waals surface area contributed by atoms with E-state index in [1.165, 1.54) is 9.75 Å². The molecule has 0 aliphatic heterocycles. The molecule has 94 valence electrons. The van der Waals surface area contributed by atoms with Crippen LogP contribution in [0.5, 0.6) is 0 Å². The van der Waals surface area contributed by atoms with E-state index in [1.807, 2.05) is 18.2 Å². The van der Waals surface area contributed by atoms with Gasteiger partial charge in [-0.05, 0) is 37.3 Å². The molecule has 0 spiro atoms. The third-order valence-electron chi connectivity index (χ3n) is 2.61. The molecule has 3 nitrogen and oxygen atoms in total. The summed E-state index contributed by atoms with van der Waals surface area (Å²) in [4.78, 5) is 14.1. The summed E-state index contributed by atoms with van der Waals surface area (Å²) in [6, 6.07) is 11.7. The summed E-state index contributed by atoms with van der Waals surface area (Å²) in [7, 11) is 1.64. The number of nitrogens with one attached hydrogen (secondary N) is 2. The fourth-order valence-electron chi connectivity index (χ4n) is 1.68. The molecule has 2 aromatic rings. The third-order valence-corrected chi connectivity index (χ3v) is 3.62. The van der Waals surface area contributed by atoms with E-state index >= 15 is 0 Å². The Kier molecular flexibility index (Phi) is 3.99. The van der Waals surface area contributed by atoms with Gasteiger partial charge in [0, 0.05) is 34.6 Å². The Hall–Kier alpha value is -1.81. The predicted octanol–water partition coefficient (Wildman–Crippen LogP) is 3.03. The van der Waals surface area contributed by atoms with Gasteiger partial charge in [-0.15, -0.1) is 11.3 Å². The molecule has 18 heavy (non-hydrogen) atoms. The van der Waals surface area contributed by atoms with Crippen molar-refractivity contribution in [2.24, 2.45) is 0 Å². The summed E-state index contributed by atoms with van der Waals surface area (Å²) >= 11 is 1.78. The van der Waals surface area contributed by atoms with Crippen LogP contribution < -0.4 is 10.6 Å². The molecule has 0 saturated heterocycles. The van der Waals surface area contributed by atoms with Crippen molar-refractivity contribution in [3.63, 3.8) is 0 Å². The maximum Gasteiger partial charge on any atom is 0.251 e. The normalized spacial score (nSPS) is 10.1. The molecular formula is C14H16N2OS. The molecule has 2 N–H and O–H groups in total. The van der Waals surface area contributed by atoms with Gasteiger partial charge in [-0.3, -0.25) is 4.79 Å². The Labute approximate surface area is 111 Å². The first-order valence-electron chi connectivity index (χ1n) is 5.80. The first-order valence-corrected chi connectivity index (χ1v) is 6.62. The minimum Gasteiger partial charge on any atom is -0.380 e. The lowest BCUT2D eigenvalue weighted by molar-refractivity contribution is 0.0963. The largest absolute Gasteiger partial charge is 0.380 e. The van der Waals surface area contributed by atoms with E-state index in [9.17, 15) is 4.79 Å². The number of carbonyl (C=O) groups excluding carboxylic acids is 1. The minimum atomic E-state index is -0.0642. The van der Waals surface area contributed by atoms with Crippen molar-refractivity contribution in [3.05, 3.63) is 51.7 Å². The summed E-state index contributed by atoms with van der Waals surface area (Å²) in [5.41, 5.74) is 1.63. The first-order chi connectivity index (χ1) is 8.69. The van der Waals surface area contributed by atoms with E-state index in [2.05, 4.69) is 29.7 Å². The van der Waals surface area contributed by atoms with Crippen LogP contribution in [0.4, 0.5) is 5.69 Å². The van der Waals surface area contributed by atoms with Crippen LogP contribution >= 0.6 is 11.3 Å². The summed E-state index contributed by atoms with van der Waals surface area (Å²) < 4.78 is 0. The van der Waals surface area contributed by atoms with Crippen LogP contribution in [0.25, 0.3) is 0 Å². The van der Waals surface area contributed by atoms with Gasteiger partial charge >= 0.3 is 0 Å². The Morgan fingerprint density at radius 1 is 1.28 bits per heavy atom. The molecule has 0 unspecified atom stereocenters. The molecule has 1 heterocycles. The Bertz CT molecular complexity index is 548. The molecule has 0 saturated carbocycles. The molecule has 1 aromatic carbocycles. The summed E-state index contributed by atoms with van der Waals surface area (Å²) in [5.74, 6) is -0.0642. The molecule has 0 radical (unpaired) electrons. The molecular weight excluding hydrogens is 244 g/mol. The predicted molar refractivity (Wildman–Crippen MR) is 76.2 cm³/mol. The fourth-order valence-corrected chi connectivity index (χ4v) is 2.51. The molecule has 2 rings (SSSR count). The van der Waals surface area contributed by atoms with Gasteiger partial charge in [0.1, 0.15) is 0 Å². The molecule has 4 heteroatoms. The van der Waals surface area contributed by atoms with Crippen LogP contribution in [0.3, 0.4) is 0 Å². The lowest BCUT2D eigenvalue weighted by Gasteiger charge is -2.06. The molecule has 0 atom stereocenters. The second-order valence-electron chi connectivity index (χ2n) is 4.03. The number of thiophene rings is 1. The van der Waals surface area contributed by atoms with Crippen molar-refractivity contribution in [3.8, 4) is 0 Å². The van der Waals surface area contributed by atoms with E-state index in [0.717, 1.165) is 12.2 Å². The number of rotatable bonds is 4. The highest BCUT2D eigenvalue weighted by molar-refractivity contribution is 7.11. The van der Waals surface area contributed by atoms with Crippen molar-refractivity contribution >= 4 is 22.9 Å². The van der Waals surface area contributed by atoms with E-state index in [-0.39, 0.29) is 5.91 Å². The lowest BCUT2D eigenvalue weighted by atomic mass is 10.2. The number of amides is 1. The molecule has 0 aliphatic rings. The monoisotopic (exact) mass is 260 g/mol. The van der Waals surface area contributed by atoms with Gasteiger partial charge in [0.25, 0.3) is 5.91 Å². The van der Waals surface area contributed by atoms with E-state index in [0.29, 0.717) is 5.56 Å². The molecule has 0 bridgehead atoms. The van der Waals surface area contributed by atoms with Crippen LogP contribution in [0.15, 0.2) is 36.4 Å². The van der Waals surface area contributed by atoms with E-state index < -0.39 is 0 Å². The van der Waals surface area contributed by atoms with Gasteiger partial charge < -0.3 is 10.6 Å². The van der Waals surface area contributed by atoms with Gasteiger partial charge in [0.2, 0.25) is 0 Å². The first kappa shape index (κ1) is 12.6. The standard InChI is InChI=1S/C14H16N2OS/c1-10-6-7-13(18-10)9-16-12-5-3-4-11(8-12)14(17)15-2/h3-8,16H,9H2,1-2H3,(H,15,17). The Morgan fingerprint density at radius 3 is 2.78 bits per heavy atom. The highest BCUT2D eigenvalue weighted by atomic mass is 32.1. The van der Waals surface area contributed by atoms with Gasteiger partial charge in [0.15, 0.2) is 0 Å². The van der Waals surface area contributed by atoms with Crippen molar-refractivity contribution in [2.45, 2.75) is 13.5 Å². The maximum atomic E-state index is 11.5. The van der Waals surface area contributed by atoms with Crippen LogP contribution in [-0.4, -0.2) is 13.0 Å². The van der Waals surface area contributed by atoms with Crippen molar-refractivity contribution in [1.82, 2.24) is 5.32 Å². The van der Waals surface area contributed by atoms with Crippen LogP contribution in [-0.2, 0) is 6.54 Å². The summed E-state index contributed by atoms with van der Waals surface area (Å²) in [6.07, 6.45) is 0. The number of benzene rings is 1. The Balaban J connectivity index is 2.03. The third kappa shape index (κ3) is 3.11. The molecule has 0 aliphatic carbocycles. The minimum absolute atomic E-state index is 0.0642. The van der Waals surface area contributed by atoms with Gasteiger partial charge in [-0.2, -0.15) is 0 Å². The van der Waals surface area contributed by atoms with Crippen molar-refractivity contribution in [1.29, 1.82) is 0 Å². The number of hydrogen-bond acceptors (Lipinski definition) is 3. The van der Waals surface area contributed by atoms with Crippen molar-refractivity contribution in [2.75, 3.05) is 12.4 Å². The number of aryl methyl sites for hydroxylation is 1. The summed E-state index contributed by atoms with van der Waals surface area (Å²) in [5, 5.41) is 5.94. The zero-order valence-electron chi connectivity index (χ0n) is 10.5. The lowest BCUT2D eigenvalue weighted by Crippen LogP contribution is -2.17. The van der Waals surface area contributed by atoms with E-state index in [4.69, 9.17) is 0 Å². The quantitative estimate of drug-likeness (QED) is 0.887. The number of carbonyl (C=O) groups is 1. The smallest absolute Gasteiger partial charge is 0.251 e. The second-order valence-corrected chi connectivity index (χ2v) is 5.40. The highest BCUT2D eigenvalue weighted by Gasteiger charge is 2.03. The van der Waals surface area contributed by atoms with Gasteiger partial charge in [-0.25, -0.2) is 0 Å². The average molecular weight is 260 g/mol. The van der Waals surface area contributed by atoms with Gasteiger partial charge in [-0.1, -0.05) is 6.07 Å². The average Bonchev–Trinajstić information content (AvgIpc) is 2.81. The Morgan fingerprint density at radius 2 is 2.11 bits per heavy atom. The maximum absolute atomic E-state index is 11.5. The van der Waals surface area contributed by atoms with E-state index in [1.54, 1.807) is 24.5 Å². The van der Waals surface area contributed by atoms with Crippen LogP contribution in [0, 0.1) is 6.92 Å². The van der Waals surface area contributed by atoms with Crippen LogP contribution in [0.2, 0.25) is 0 Å². The zero-order chi connectivity index (χ0) is 13.0. The molecule has 1 amide bonds. The van der Waals surface area contributed by atoms with Crippen molar-refractivity contribution < 1.29 is 4.79 Å². The number of hydrogen-bond donors (Lipinski definition) is 2. The molecule has 0 fully saturated rings. The SMILES string of the molecule is CNC(=O)c1cccc(NCc2ccc(C)s2)c1. The molecule has 1 aromatic heterocycles. The van der Waals surface area contributed by atoms with Crippen LogP contribution in [0.1, 0.15) is 20.1 Å². The highest BCUT2D eigenvalue weighted by Crippen LogP contribution is 2.17. The summed E-state index contributed by atoms with van der Waals surface area (Å²) in [6.45, 7) is 2.88. The zero-order valence-corrected chi connectivity index (χ0v) is 11.3. The topological polar surface area (TPSA) is 41.1 Å². The second kappa shape index (κ2) is 5.69.